The summed E-state index contributed by atoms with van der Waals surface area (Å²) in [5, 5.41) is 15.0. The highest BCUT2D eigenvalue weighted by Gasteiger charge is 2.26. The molecule has 2 aromatic heterocycles. The summed E-state index contributed by atoms with van der Waals surface area (Å²) in [6.07, 6.45) is 1.63. The predicted octanol–water partition coefficient (Wildman–Crippen LogP) is 4.40. The molecule has 0 spiro atoms. The Bertz CT molecular complexity index is 1110. The lowest BCUT2D eigenvalue weighted by atomic mass is 9.96. The number of halogens is 1. The van der Waals surface area contributed by atoms with Crippen molar-refractivity contribution in [3.8, 4) is 5.75 Å². The molecule has 0 radical (unpaired) electrons. The fourth-order valence-electron chi connectivity index (χ4n) is 3.23. The van der Waals surface area contributed by atoms with Gasteiger partial charge in [0.25, 0.3) is 5.82 Å². The van der Waals surface area contributed by atoms with Crippen LogP contribution in [0.25, 0.3) is 10.9 Å². The summed E-state index contributed by atoms with van der Waals surface area (Å²) in [5.74, 6) is 0.424. The SMILES string of the molecule is Cc1cccc(N[C@H](c2ccccc2F)c2ccc3cccnc3c2O)[nH+]1. The smallest absolute Gasteiger partial charge is 0.273 e. The number of aromatic nitrogens is 2. The number of hydrogen-bond acceptors (Lipinski definition) is 3. The van der Waals surface area contributed by atoms with Gasteiger partial charge in [-0.05, 0) is 31.2 Å². The maximum atomic E-state index is 14.6. The number of aromatic amines is 1. The molecule has 0 aliphatic carbocycles. The maximum Gasteiger partial charge on any atom is 0.273 e. The standard InChI is InChI=1S/C22H18FN3O/c1-14-6-4-10-19(25-14)26-21(16-8-2-3-9-18(16)23)17-12-11-15-7-5-13-24-20(15)22(17)27/h2-13,21,27H,1H3,(H,25,26)/p+1/t21-/m1/s1. The first-order chi connectivity index (χ1) is 13.1. The van der Waals surface area contributed by atoms with Gasteiger partial charge in [0, 0.05) is 28.8 Å². The Hall–Kier alpha value is -3.47. The van der Waals surface area contributed by atoms with E-state index in [1.54, 1.807) is 30.5 Å². The third kappa shape index (κ3) is 3.31. The highest BCUT2D eigenvalue weighted by molar-refractivity contribution is 5.85. The first-order valence-corrected chi connectivity index (χ1v) is 8.70. The molecule has 0 bridgehead atoms. The molecular formula is C22H19FN3O+. The van der Waals surface area contributed by atoms with E-state index >= 15 is 0 Å². The van der Waals surface area contributed by atoms with Crippen LogP contribution in [-0.4, -0.2) is 10.1 Å². The summed E-state index contributed by atoms with van der Waals surface area (Å²) in [4.78, 5) is 7.50. The second-order valence-electron chi connectivity index (χ2n) is 6.42. The van der Waals surface area contributed by atoms with Gasteiger partial charge in [-0.3, -0.25) is 10.3 Å². The van der Waals surface area contributed by atoms with Crippen molar-refractivity contribution < 1.29 is 14.5 Å². The van der Waals surface area contributed by atoms with Crippen LogP contribution in [0, 0.1) is 12.7 Å². The fraction of sp³-hybridized carbons (Fsp3) is 0.0909. The van der Waals surface area contributed by atoms with E-state index in [4.69, 9.17) is 0 Å². The molecule has 2 aromatic carbocycles. The van der Waals surface area contributed by atoms with E-state index in [1.165, 1.54) is 6.07 Å². The molecule has 134 valence electrons. The number of phenols is 1. The van der Waals surface area contributed by atoms with Crippen LogP contribution in [0.1, 0.15) is 22.9 Å². The molecule has 4 nitrogen and oxygen atoms in total. The molecule has 5 heteroatoms. The quantitative estimate of drug-likeness (QED) is 0.567. The van der Waals surface area contributed by atoms with Crippen molar-refractivity contribution in [1.82, 2.24) is 4.98 Å². The zero-order valence-corrected chi connectivity index (χ0v) is 14.8. The lowest BCUT2D eigenvalue weighted by molar-refractivity contribution is -0.371. The van der Waals surface area contributed by atoms with Crippen molar-refractivity contribution in [3.63, 3.8) is 0 Å². The van der Waals surface area contributed by atoms with E-state index in [2.05, 4.69) is 15.3 Å². The topological polar surface area (TPSA) is 59.3 Å². The van der Waals surface area contributed by atoms with Gasteiger partial charge in [0.2, 0.25) is 0 Å². The highest BCUT2D eigenvalue weighted by atomic mass is 19.1. The Morgan fingerprint density at radius 2 is 1.81 bits per heavy atom. The van der Waals surface area contributed by atoms with Crippen LogP contribution >= 0.6 is 0 Å². The lowest BCUT2D eigenvalue weighted by Crippen LogP contribution is -2.21. The second kappa shape index (κ2) is 7.03. The number of nitrogens with zero attached hydrogens (tertiary/aromatic N) is 1. The first-order valence-electron chi connectivity index (χ1n) is 8.70. The second-order valence-corrected chi connectivity index (χ2v) is 6.42. The summed E-state index contributed by atoms with van der Waals surface area (Å²) in [5.41, 5.74) is 2.46. The molecule has 0 fully saturated rings. The van der Waals surface area contributed by atoms with Gasteiger partial charge in [-0.15, -0.1) is 0 Å². The van der Waals surface area contributed by atoms with Gasteiger partial charge in [-0.1, -0.05) is 36.4 Å². The summed E-state index contributed by atoms with van der Waals surface area (Å²) in [6.45, 7) is 1.95. The largest absolute Gasteiger partial charge is 0.505 e. The van der Waals surface area contributed by atoms with E-state index in [0.717, 1.165) is 16.9 Å². The van der Waals surface area contributed by atoms with Crippen molar-refractivity contribution in [2.24, 2.45) is 0 Å². The van der Waals surface area contributed by atoms with Gasteiger partial charge in [0.15, 0.2) is 6.04 Å². The predicted molar refractivity (Wildman–Crippen MR) is 103 cm³/mol. The van der Waals surface area contributed by atoms with Crippen molar-refractivity contribution in [3.05, 3.63) is 95.6 Å². The Kier molecular flexibility index (Phi) is 4.42. The minimum absolute atomic E-state index is 0.0431. The van der Waals surface area contributed by atoms with Crippen LogP contribution in [0.15, 0.2) is 72.9 Å². The minimum atomic E-state index is -0.587. The molecule has 0 saturated heterocycles. The van der Waals surface area contributed by atoms with E-state index < -0.39 is 6.04 Å². The highest BCUT2D eigenvalue weighted by Crippen LogP contribution is 2.36. The fourth-order valence-corrected chi connectivity index (χ4v) is 3.23. The average molecular weight is 360 g/mol. The van der Waals surface area contributed by atoms with E-state index in [1.807, 2.05) is 43.3 Å². The number of nitrogens with one attached hydrogen (secondary N) is 2. The average Bonchev–Trinajstić information content (AvgIpc) is 2.68. The Morgan fingerprint density at radius 3 is 2.63 bits per heavy atom. The third-order valence-corrected chi connectivity index (χ3v) is 4.55. The maximum absolute atomic E-state index is 14.6. The van der Waals surface area contributed by atoms with Crippen LogP contribution in [0.4, 0.5) is 10.2 Å². The molecular weight excluding hydrogens is 341 g/mol. The Balaban J connectivity index is 1.88. The molecule has 2 heterocycles. The van der Waals surface area contributed by atoms with Gasteiger partial charge < -0.3 is 5.11 Å². The Labute approximate surface area is 156 Å². The summed E-state index contributed by atoms with van der Waals surface area (Å²) in [6, 6.07) is 19.1. The lowest BCUT2D eigenvalue weighted by Gasteiger charge is -2.18. The minimum Gasteiger partial charge on any atom is -0.505 e. The number of hydrogen-bond donors (Lipinski definition) is 2. The molecule has 0 unspecified atom stereocenters. The van der Waals surface area contributed by atoms with E-state index in [9.17, 15) is 9.50 Å². The van der Waals surface area contributed by atoms with Gasteiger partial charge in [-0.2, -0.15) is 0 Å². The van der Waals surface area contributed by atoms with Gasteiger partial charge in [0.1, 0.15) is 17.1 Å². The summed E-state index contributed by atoms with van der Waals surface area (Å²) in [7, 11) is 0. The number of aromatic hydroxyl groups is 1. The van der Waals surface area contributed by atoms with Crippen molar-refractivity contribution >= 4 is 16.7 Å². The monoisotopic (exact) mass is 360 g/mol. The molecule has 4 aromatic rings. The van der Waals surface area contributed by atoms with Crippen molar-refractivity contribution in [2.75, 3.05) is 5.32 Å². The van der Waals surface area contributed by atoms with E-state index in [-0.39, 0.29) is 11.6 Å². The summed E-state index contributed by atoms with van der Waals surface area (Å²) < 4.78 is 14.6. The molecule has 4 rings (SSSR count). The zero-order valence-electron chi connectivity index (χ0n) is 14.8. The number of H-pyrrole nitrogens is 1. The number of aryl methyl sites for hydroxylation is 1. The first kappa shape index (κ1) is 17.0. The molecule has 0 saturated carbocycles. The van der Waals surface area contributed by atoms with Crippen molar-refractivity contribution in [1.29, 1.82) is 0 Å². The zero-order chi connectivity index (χ0) is 18.8. The van der Waals surface area contributed by atoms with Crippen LogP contribution < -0.4 is 10.3 Å². The molecule has 1 atom stereocenters. The van der Waals surface area contributed by atoms with E-state index in [0.29, 0.717) is 16.6 Å². The van der Waals surface area contributed by atoms with Crippen LogP contribution in [0.2, 0.25) is 0 Å². The van der Waals surface area contributed by atoms with Crippen LogP contribution in [0.3, 0.4) is 0 Å². The Morgan fingerprint density at radius 1 is 0.963 bits per heavy atom. The van der Waals surface area contributed by atoms with Gasteiger partial charge >= 0.3 is 0 Å². The normalized spacial score (nSPS) is 12.1. The molecule has 0 aliphatic heterocycles. The van der Waals surface area contributed by atoms with Crippen LogP contribution in [-0.2, 0) is 0 Å². The number of benzene rings is 2. The number of anilines is 1. The van der Waals surface area contributed by atoms with Crippen molar-refractivity contribution in [2.45, 2.75) is 13.0 Å². The number of rotatable bonds is 4. The van der Waals surface area contributed by atoms with Crippen LogP contribution in [0.5, 0.6) is 5.75 Å². The number of fused-ring (bicyclic) bond motifs is 1. The molecule has 3 N–H and O–H groups in total. The molecule has 0 aliphatic rings. The number of pyridine rings is 2. The van der Waals surface area contributed by atoms with Gasteiger partial charge in [0.05, 0.1) is 5.69 Å². The molecule has 0 amide bonds. The molecule has 27 heavy (non-hydrogen) atoms. The third-order valence-electron chi connectivity index (χ3n) is 4.55. The summed E-state index contributed by atoms with van der Waals surface area (Å²) >= 11 is 0. The number of phenolic OH excluding ortho intramolecular Hbond substituents is 1. The van der Waals surface area contributed by atoms with Gasteiger partial charge in [-0.25, -0.2) is 9.37 Å².